The molecule has 1 atom stereocenters. The van der Waals surface area contributed by atoms with Crippen molar-refractivity contribution in [3.8, 4) is 0 Å². The number of aliphatic hydroxyl groups is 1. The average molecular weight is 418 g/mol. The van der Waals surface area contributed by atoms with Gasteiger partial charge in [-0.25, -0.2) is 9.59 Å². The van der Waals surface area contributed by atoms with Crippen LogP contribution in [0.2, 0.25) is 0 Å². The lowest BCUT2D eigenvalue weighted by Crippen LogP contribution is -2.25. The fourth-order valence-corrected chi connectivity index (χ4v) is 2.62. The van der Waals surface area contributed by atoms with Gasteiger partial charge in [0.2, 0.25) is 0 Å². The van der Waals surface area contributed by atoms with Crippen molar-refractivity contribution in [2.24, 2.45) is 5.73 Å². The predicted octanol–water partition coefficient (Wildman–Crippen LogP) is 0.564. The number of carbonyl (C=O) groups excluding carboxylic acids is 1. The molecule has 0 aliphatic rings. The number of benzene rings is 1. The zero-order valence-electron chi connectivity index (χ0n) is 16.1. The van der Waals surface area contributed by atoms with E-state index in [4.69, 9.17) is 25.5 Å². The molecule has 3 rings (SSSR count). The van der Waals surface area contributed by atoms with Gasteiger partial charge in [0, 0.05) is 35.5 Å². The van der Waals surface area contributed by atoms with Gasteiger partial charge < -0.3 is 30.8 Å². The molecule has 3 aromatic rings. The number of hydrogen-bond donors (Lipinski definition) is 5. The van der Waals surface area contributed by atoms with E-state index in [0.717, 1.165) is 16.3 Å². The first-order valence-electron chi connectivity index (χ1n) is 8.89. The van der Waals surface area contributed by atoms with E-state index >= 15 is 0 Å². The lowest BCUT2D eigenvalue weighted by molar-refractivity contribution is -0.134. The summed E-state index contributed by atoms with van der Waals surface area (Å²) in [6.45, 7) is 2.57. The van der Waals surface area contributed by atoms with E-state index in [0.29, 0.717) is 24.3 Å². The topological polar surface area (TPSA) is 181 Å². The highest BCUT2D eigenvalue weighted by atomic mass is 16.4. The molecule has 0 saturated carbocycles. The summed E-state index contributed by atoms with van der Waals surface area (Å²) in [5.41, 5.74) is 7.38. The van der Waals surface area contributed by atoms with E-state index < -0.39 is 11.9 Å². The van der Waals surface area contributed by atoms with Crippen LogP contribution in [0.25, 0.3) is 21.9 Å². The van der Waals surface area contributed by atoms with Crippen LogP contribution in [0.4, 0.5) is 0 Å². The number of aliphatic carboxylic acids is 2. The van der Waals surface area contributed by atoms with Gasteiger partial charge in [0.05, 0.1) is 24.9 Å². The summed E-state index contributed by atoms with van der Waals surface area (Å²) in [6, 6.07) is 5.39. The molecule has 0 aliphatic carbocycles. The molecule has 2 heterocycles. The van der Waals surface area contributed by atoms with Crippen molar-refractivity contribution in [2.75, 3.05) is 13.2 Å². The number of aliphatic hydroxyl groups excluding tert-OH is 1. The van der Waals surface area contributed by atoms with Gasteiger partial charge >= 0.3 is 11.9 Å². The maximum Gasteiger partial charge on any atom is 0.328 e. The number of hydrogen-bond acceptors (Lipinski definition) is 7. The van der Waals surface area contributed by atoms with E-state index in [1.54, 1.807) is 12.3 Å². The SMILES string of the molecule is C[C@H](N)Cn1ncc2ccc3oc(C(=O)NCCO)cc3c21.O=C(O)/C=C/C(=O)O. The van der Waals surface area contributed by atoms with Gasteiger partial charge in [-0.1, -0.05) is 0 Å². The average Bonchev–Trinajstić information content (AvgIpc) is 3.28. The van der Waals surface area contributed by atoms with Crippen molar-refractivity contribution >= 4 is 39.7 Å². The lowest BCUT2D eigenvalue weighted by Gasteiger charge is -2.06. The van der Waals surface area contributed by atoms with Crippen molar-refractivity contribution in [1.82, 2.24) is 15.1 Å². The second kappa shape index (κ2) is 10.2. The van der Waals surface area contributed by atoms with E-state index in [-0.39, 0.29) is 30.9 Å². The summed E-state index contributed by atoms with van der Waals surface area (Å²) in [7, 11) is 0. The molecule has 2 aromatic heterocycles. The van der Waals surface area contributed by atoms with Crippen molar-refractivity contribution in [3.05, 3.63) is 42.3 Å². The van der Waals surface area contributed by atoms with Gasteiger partial charge in [-0.05, 0) is 25.1 Å². The van der Waals surface area contributed by atoms with E-state index in [2.05, 4.69) is 10.4 Å². The van der Waals surface area contributed by atoms with Crippen LogP contribution in [0.5, 0.6) is 0 Å². The fraction of sp³-hybridized carbons (Fsp3) is 0.263. The third-order valence-corrected chi connectivity index (χ3v) is 3.75. The third-order valence-electron chi connectivity index (χ3n) is 3.75. The van der Waals surface area contributed by atoms with Gasteiger partial charge in [0.1, 0.15) is 5.58 Å². The summed E-state index contributed by atoms with van der Waals surface area (Å²) >= 11 is 0. The summed E-state index contributed by atoms with van der Waals surface area (Å²) in [6.07, 6.45) is 2.89. The van der Waals surface area contributed by atoms with E-state index in [9.17, 15) is 14.4 Å². The molecule has 160 valence electrons. The number of fused-ring (bicyclic) bond motifs is 3. The molecular formula is C19H22N4O7. The maximum atomic E-state index is 12.0. The van der Waals surface area contributed by atoms with Crippen LogP contribution in [0.1, 0.15) is 17.5 Å². The first-order valence-corrected chi connectivity index (χ1v) is 8.89. The number of aromatic nitrogens is 2. The highest BCUT2D eigenvalue weighted by Crippen LogP contribution is 2.28. The summed E-state index contributed by atoms with van der Waals surface area (Å²) < 4.78 is 7.42. The third kappa shape index (κ3) is 5.90. The Morgan fingerprint density at radius 2 is 1.93 bits per heavy atom. The number of nitrogens with one attached hydrogen (secondary N) is 1. The molecule has 0 aliphatic heterocycles. The Labute approximate surface area is 170 Å². The minimum Gasteiger partial charge on any atom is -0.478 e. The van der Waals surface area contributed by atoms with Crippen molar-refractivity contribution in [1.29, 1.82) is 0 Å². The van der Waals surface area contributed by atoms with E-state index in [1.807, 2.05) is 23.7 Å². The van der Waals surface area contributed by atoms with Crippen LogP contribution in [0.3, 0.4) is 0 Å². The lowest BCUT2D eigenvalue weighted by atomic mass is 10.2. The van der Waals surface area contributed by atoms with Crippen LogP contribution < -0.4 is 11.1 Å². The van der Waals surface area contributed by atoms with Crippen molar-refractivity contribution in [2.45, 2.75) is 19.5 Å². The second-order valence-electron chi connectivity index (χ2n) is 6.32. The zero-order valence-corrected chi connectivity index (χ0v) is 16.1. The fourth-order valence-electron chi connectivity index (χ4n) is 2.62. The first kappa shape index (κ1) is 22.6. The Bertz CT molecular complexity index is 1070. The predicted molar refractivity (Wildman–Crippen MR) is 107 cm³/mol. The van der Waals surface area contributed by atoms with Crippen LogP contribution in [-0.2, 0) is 16.1 Å². The standard InChI is InChI=1S/C15H18N4O3.C4H4O4/c1-9(16)8-19-14-10(7-18-19)2-3-12-11(14)6-13(22-12)15(21)17-4-5-20;5-3(6)1-2-4(7)8/h2-3,6-7,9,20H,4-5,8,16H2,1H3,(H,17,21);1-2H,(H,5,6)(H,7,8)/b;2-1+/t9-;/m0./s1. The Morgan fingerprint density at radius 3 is 2.50 bits per heavy atom. The normalized spacial score (nSPS) is 12.0. The Morgan fingerprint density at radius 1 is 1.27 bits per heavy atom. The Balaban J connectivity index is 0.000000343. The highest BCUT2D eigenvalue weighted by Gasteiger charge is 2.16. The number of carboxylic acid groups (broad SMARTS) is 2. The summed E-state index contributed by atoms with van der Waals surface area (Å²) in [5.74, 6) is -2.65. The molecule has 11 heteroatoms. The molecule has 11 nitrogen and oxygen atoms in total. The molecule has 0 unspecified atom stereocenters. The molecule has 0 radical (unpaired) electrons. The minimum absolute atomic E-state index is 0.0300. The number of amides is 1. The molecule has 30 heavy (non-hydrogen) atoms. The number of rotatable bonds is 7. The molecule has 0 saturated heterocycles. The van der Waals surface area contributed by atoms with Crippen LogP contribution in [0.15, 0.2) is 41.0 Å². The monoisotopic (exact) mass is 418 g/mol. The smallest absolute Gasteiger partial charge is 0.328 e. The van der Waals surface area contributed by atoms with Crippen LogP contribution in [0, 0.1) is 0 Å². The molecule has 0 bridgehead atoms. The maximum absolute atomic E-state index is 12.0. The van der Waals surface area contributed by atoms with Crippen LogP contribution >= 0.6 is 0 Å². The van der Waals surface area contributed by atoms with Crippen LogP contribution in [-0.4, -0.2) is 62.1 Å². The number of furan rings is 1. The number of carbonyl (C=O) groups is 3. The number of nitrogens with zero attached hydrogens (tertiary/aromatic N) is 2. The van der Waals surface area contributed by atoms with Gasteiger partial charge in [0.25, 0.3) is 5.91 Å². The second-order valence-corrected chi connectivity index (χ2v) is 6.32. The first-order chi connectivity index (χ1) is 14.2. The van der Waals surface area contributed by atoms with Crippen molar-refractivity contribution < 1.29 is 34.1 Å². The van der Waals surface area contributed by atoms with Gasteiger partial charge in [-0.2, -0.15) is 5.10 Å². The Hall–Kier alpha value is -3.70. The van der Waals surface area contributed by atoms with Gasteiger partial charge in [0.15, 0.2) is 5.76 Å². The van der Waals surface area contributed by atoms with Gasteiger partial charge in [-0.3, -0.25) is 9.48 Å². The minimum atomic E-state index is -1.26. The molecule has 1 amide bonds. The summed E-state index contributed by atoms with van der Waals surface area (Å²) in [4.78, 5) is 31.1. The molecule has 0 fully saturated rings. The Kier molecular flexibility index (Phi) is 7.67. The molecular weight excluding hydrogens is 396 g/mol. The quantitative estimate of drug-likeness (QED) is 0.342. The zero-order chi connectivity index (χ0) is 22.3. The summed E-state index contributed by atoms with van der Waals surface area (Å²) in [5, 5.41) is 33.1. The van der Waals surface area contributed by atoms with Gasteiger partial charge in [-0.15, -0.1) is 0 Å². The molecule has 1 aromatic carbocycles. The molecule has 0 spiro atoms. The highest BCUT2D eigenvalue weighted by molar-refractivity contribution is 6.07. The molecule has 6 N–H and O–H groups in total. The number of nitrogens with two attached hydrogens (primary N) is 1. The number of carboxylic acids is 2. The van der Waals surface area contributed by atoms with Crippen molar-refractivity contribution in [3.63, 3.8) is 0 Å². The largest absolute Gasteiger partial charge is 0.478 e. The van der Waals surface area contributed by atoms with E-state index in [1.165, 1.54) is 0 Å².